The number of carbonyl (C=O) groups excluding carboxylic acids is 1. The number of nitrogens with zero attached hydrogens (tertiary/aromatic N) is 2. The van der Waals surface area contributed by atoms with Crippen molar-refractivity contribution < 1.29 is 4.79 Å². The van der Waals surface area contributed by atoms with Gasteiger partial charge in [-0.05, 0) is 19.9 Å². The molecule has 0 atom stereocenters. The van der Waals surface area contributed by atoms with Gasteiger partial charge in [-0.1, -0.05) is 0 Å². The number of nitrogens with one attached hydrogen (secondary N) is 2. The zero-order valence-corrected chi connectivity index (χ0v) is 8.61. The highest BCUT2D eigenvalue weighted by Gasteiger charge is 2.24. The van der Waals surface area contributed by atoms with E-state index >= 15 is 0 Å². The first-order valence-corrected chi connectivity index (χ1v) is 4.33. The van der Waals surface area contributed by atoms with Crippen LogP contribution in [0.3, 0.4) is 0 Å². The summed E-state index contributed by atoms with van der Waals surface area (Å²) >= 11 is 0. The highest BCUT2D eigenvalue weighted by molar-refractivity contribution is 5.86. The molecule has 0 spiro atoms. The van der Waals surface area contributed by atoms with Gasteiger partial charge in [0.25, 0.3) is 0 Å². The van der Waals surface area contributed by atoms with E-state index in [1.807, 2.05) is 0 Å². The third kappa shape index (κ3) is 2.78. The molecule has 82 valence electrons. The third-order valence-electron chi connectivity index (χ3n) is 1.84. The summed E-state index contributed by atoms with van der Waals surface area (Å²) in [5, 5.41) is 2.87. The molecule has 0 saturated carbocycles. The molecule has 0 radical (unpaired) electrons. The van der Waals surface area contributed by atoms with Crippen LogP contribution in [0.25, 0.3) is 0 Å². The molecular formula is C8H14N6O. The van der Waals surface area contributed by atoms with Crippen molar-refractivity contribution in [2.45, 2.75) is 19.4 Å². The number of rotatable bonds is 4. The summed E-state index contributed by atoms with van der Waals surface area (Å²) in [6.07, 6.45) is 1.52. The number of carbonyl (C=O) groups is 1. The van der Waals surface area contributed by atoms with E-state index in [1.165, 1.54) is 6.20 Å². The van der Waals surface area contributed by atoms with Crippen molar-refractivity contribution in [3.8, 4) is 0 Å². The van der Waals surface area contributed by atoms with Crippen LogP contribution >= 0.6 is 0 Å². The summed E-state index contributed by atoms with van der Waals surface area (Å²) < 4.78 is 0. The van der Waals surface area contributed by atoms with Crippen LogP contribution in [0.2, 0.25) is 0 Å². The van der Waals surface area contributed by atoms with Crippen molar-refractivity contribution >= 4 is 17.7 Å². The van der Waals surface area contributed by atoms with Crippen molar-refractivity contribution in [1.82, 2.24) is 9.97 Å². The number of amides is 1. The van der Waals surface area contributed by atoms with E-state index < -0.39 is 11.4 Å². The first-order chi connectivity index (χ1) is 6.95. The average molecular weight is 210 g/mol. The summed E-state index contributed by atoms with van der Waals surface area (Å²) in [5.74, 6) is 5.42. The summed E-state index contributed by atoms with van der Waals surface area (Å²) in [6.45, 7) is 3.32. The molecule has 0 aliphatic carbocycles. The smallest absolute Gasteiger partial charge is 0.242 e. The molecule has 1 rings (SSSR count). The van der Waals surface area contributed by atoms with Gasteiger partial charge in [0.05, 0.1) is 0 Å². The number of primary amides is 1. The Kier molecular flexibility index (Phi) is 3.05. The van der Waals surface area contributed by atoms with Crippen LogP contribution in [0, 0.1) is 0 Å². The van der Waals surface area contributed by atoms with Crippen LogP contribution in [0.15, 0.2) is 12.3 Å². The number of hydrogen-bond donors (Lipinski definition) is 4. The molecule has 15 heavy (non-hydrogen) atoms. The molecule has 7 nitrogen and oxygen atoms in total. The van der Waals surface area contributed by atoms with Crippen LogP contribution in [0.5, 0.6) is 0 Å². The topological polar surface area (TPSA) is 119 Å². The maximum absolute atomic E-state index is 11.1. The van der Waals surface area contributed by atoms with Crippen LogP contribution in [0.1, 0.15) is 13.8 Å². The molecule has 0 bridgehead atoms. The lowest BCUT2D eigenvalue weighted by Gasteiger charge is -2.22. The fourth-order valence-corrected chi connectivity index (χ4v) is 0.880. The molecule has 0 saturated heterocycles. The monoisotopic (exact) mass is 210 g/mol. The lowest BCUT2D eigenvalue weighted by atomic mass is 10.1. The van der Waals surface area contributed by atoms with Gasteiger partial charge < -0.3 is 11.1 Å². The van der Waals surface area contributed by atoms with E-state index in [0.717, 1.165) is 0 Å². The molecular weight excluding hydrogens is 196 g/mol. The van der Waals surface area contributed by atoms with Gasteiger partial charge in [0.15, 0.2) is 0 Å². The maximum atomic E-state index is 11.1. The second-order valence-electron chi connectivity index (χ2n) is 3.52. The molecule has 1 amide bonds. The van der Waals surface area contributed by atoms with E-state index in [1.54, 1.807) is 19.9 Å². The van der Waals surface area contributed by atoms with Gasteiger partial charge in [-0.25, -0.2) is 10.8 Å². The number of hydrazine groups is 1. The molecule has 0 unspecified atom stereocenters. The van der Waals surface area contributed by atoms with Gasteiger partial charge in [0.1, 0.15) is 11.4 Å². The third-order valence-corrected chi connectivity index (χ3v) is 1.84. The maximum Gasteiger partial charge on any atom is 0.242 e. The summed E-state index contributed by atoms with van der Waals surface area (Å²) in [7, 11) is 0. The number of nitrogens with two attached hydrogens (primary N) is 2. The number of anilines is 2. The van der Waals surface area contributed by atoms with Gasteiger partial charge in [-0.2, -0.15) is 4.98 Å². The molecule has 6 N–H and O–H groups in total. The van der Waals surface area contributed by atoms with Crippen molar-refractivity contribution in [2.75, 3.05) is 10.7 Å². The van der Waals surface area contributed by atoms with E-state index in [4.69, 9.17) is 11.6 Å². The van der Waals surface area contributed by atoms with Crippen LogP contribution in [-0.4, -0.2) is 21.4 Å². The Morgan fingerprint density at radius 2 is 2.20 bits per heavy atom. The molecule has 1 heterocycles. The Bertz CT molecular complexity index is 364. The lowest BCUT2D eigenvalue weighted by molar-refractivity contribution is -0.121. The van der Waals surface area contributed by atoms with Crippen molar-refractivity contribution in [3.63, 3.8) is 0 Å². The molecule has 0 fully saturated rings. The van der Waals surface area contributed by atoms with E-state index in [9.17, 15) is 4.79 Å². The van der Waals surface area contributed by atoms with Crippen molar-refractivity contribution in [3.05, 3.63) is 12.3 Å². The fourth-order valence-electron chi connectivity index (χ4n) is 0.880. The highest BCUT2D eigenvalue weighted by atomic mass is 16.1. The molecule has 1 aromatic rings. The highest BCUT2D eigenvalue weighted by Crippen LogP contribution is 2.12. The Labute approximate surface area is 87.2 Å². The second kappa shape index (κ2) is 4.09. The van der Waals surface area contributed by atoms with E-state index in [2.05, 4.69) is 20.7 Å². The lowest BCUT2D eigenvalue weighted by Crippen LogP contribution is -2.45. The predicted molar refractivity (Wildman–Crippen MR) is 56.7 cm³/mol. The molecule has 1 aromatic heterocycles. The Morgan fingerprint density at radius 1 is 1.53 bits per heavy atom. The largest absolute Gasteiger partial charge is 0.368 e. The zero-order valence-electron chi connectivity index (χ0n) is 8.61. The molecule has 0 aromatic carbocycles. The average Bonchev–Trinajstić information content (AvgIpc) is 2.17. The standard InChI is InChI=1S/C8H14N6O/c1-8(2,6(9)15)13-5-3-4-11-7(12-5)14-10/h3-4H,10H2,1-2H3,(H2,9,15)(H2,11,12,13,14). The molecule has 0 aliphatic rings. The first kappa shape index (κ1) is 11.2. The van der Waals surface area contributed by atoms with E-state index in [-0.39, 0.29) is 5.95 Å². The number of aromatic nitrogens is 2. The van der Waals surface area contributed by atoms with E-state index in [0.29, 0.717) is 5.82 Å². The van der Waals surface area contributed by atoms with Gasteiger partial charge in [-0.3, -0.25) is 10.2 Å². The Hall–Kier alpha value is -1.89. The SMILES string of the molecule is CC(C)(Nc1ccnc(NN)n1)C(N)=O. The fraction of sp³-hybridized carbons (Fsp3) is 0.375. The minimum Gasteiger partial charge on any atom is -0.368 e. The van der Waals surface area contributed by atoms with Crippen LogP contribution < -0.4 is 22.3 Å². The summed E-state index contributed by atoms with van der Waals surface area (Å²) in [5.41, 5.74) is 6.63. The van der Waals surface area contributed by atoms with Crippen LogP contribution in [-0.2, 0) is 4.79 Å². The number of nitrogen functional groups attached to an aromatic ring is 1. The summed E-state index contributed by atoms with van der Waals surface area (Å²) in [4.78, 5) is 18.9. The Morgan fingerprint density at radius 3 is 2.73 bits per heavy atom. The van der Waals surface area contributed by atoms with Gasteiger partial charge >= 0.3 is 0 Å². The Balaban J connectivity index is 2.85. The van der Waals surface area contributed by atoms with Crippen molar-refractivity contribution in [2.24, 2.45) is 11.6 Å². The number of hydrogen-bond acceptors (Lipinski definition) is 6. The normalized spacial score (nSPS) is 10.9. The first-order valence-electron chi connectivity index (χ1n) is 4.33. The van der Waals surface area contributed by atoms with Crippen LogP contribution in [0.4, 0.5) is 11.8 Å². The minimum absolute atomic E-state index is 0.264. The van der Waals surface area contributed by atoms with Gasteiger partial charge in [0.2, 0.25) is 11.9 Å². The van der Waals surface area contributed by atoms with Crippen molar-refractivity contribution in [1.29, 1.82) is 0 Å². The molecule has 7 heteroatoms. The minimum atomic E-state index is -0.875. The zero-order chi connectivity index (χ0) is 11.5. The molecule has 0 aliphatic heterocycles. The predicted octanol–water partition coefficient (Wildman–Crippen LogP) is -0.562. The summed E-state index contributed by atoms with van der Waals surface area (Å²) in [6, 6.07) is 1.62. The van der Waals surface area contributed by atoms with Gasteiger partial charge in [0, 0.05) is 6.20 Å². The second-order valence-corrected chi connectivity index (χ2v) is 3.52. The van der Waals surface area contributed by atoms with Gasteiger partial charge in [-0.15, -0.1) is 0 Å². The quantitative estimate of drug-likeness (QED) is 0.390.